The van der Waals surface area contributed by atoms with E-state index in [2.05, 4.69) is 21.5 Å². The van der Waals surface area contributed by atoms with Crippen LogP contribution in [0.3, 0.4) is 0 Å². The van der Waals surface area contributed by atoms with Gasteiger partial charge in [-0.05, 0) is 30.7 Å². The van der Waals surface area contributed by atoms with Crippen molar-refractivity contribution in [2.24, 2.45) is 5.92 Å². The van der Waals surface area contributed by atoms with E-state index >= 15 is 0 Å². The molecule has 0 unspecified atom stereocenters. The summed E-state index contributed by atoms with van der Waals surface area (Å²) in [6.07, 6.45) is 6.23. The Balaban J connectivity index is 1.61. The highest BCUT2D eigenvalue weighted by Gasteiger charge is 2.28. The molecule has 0 radical (unpaired) electrons. The fraction of sp³-hybridized carbons (Fsp3) is 0.533. The lowest BCUT2D eigenvalue weighted by Gasteiger charge is -2.34. The van der Waals surface area contributed by atoms with Crippen LogP contribution in [0.1, 0.15) is 30.7 Å². The van der Waals surface area contributed by atoms with Gasteiger partial charge < -0.3 is 4.90 Å². The van der Waals surface area contributed by atoms with Crippen LogP contribution in [0.2, 0.25) is 0 Å². The van der Waals surface area contributed by atoms with Gasteiger partial charge in [-0.2, -0.15) is 5.10 Å². The predicted molar refractivity (Wildman–Crippen MR) is 82.1 cm³/mol. The number of carbonyl (C=O) groups excluding carboxylic acids is 1. The highest BCUT2D eigenvalue weighted by atomic mass is 32.1. The first-order valence-corrected chi connectivity index (χ1v) is 8.27. The molecule has 0 saturated carbocycles. The van der Waals surface area contributed by atoms with Crippen molar-refractivity contribution in [3.05, 3.63) is 35.0 Å². The van der Waals surface area contributed by atoms with E-state index in [0.29, 0.717) is 0 Å². The molecule has 0 N–H and O–H groups in total. The van der Waals surface area contributed by atoms with Crippen LogP contribution in [0.5, 0.6) is 0 Å². The maximum Gasteiger partial charge on any atom is 0.225 e. The number of carbonyl (C=O) groups is 1. The largest absolute Gasteiger partial charge is 0.340 e. The van der Waals surface area contributed by atoms with Crippen molar-refractivity contribution in [1.29, 1.82) is 0 Å². The smallest absolute Gasteiger partial charge is 0.225 e. The van der Waals surface area contributed by atoms with Gasteiger partial charge in [0.2, 0.25) is 5.91 Å². The van der Waals surface area contributed by atoms with Crippen LogP contribution < -0.4 is 0 Å². The molecular weight excluding hydrogens is 284 g/mol. The zero-order chi connectivity index (χ0) is 14.7. The van der Waals surface area contributed by atoms with Gasteiger partial charge in [0.15, 0.2) is 0 Å². The van der Waals surface area contributed by atoms with Crippen molar-refractivity contribution in [2.75, 3.05) is 13.1 Å². The summed E-state index contributed by atoms with van der Waals surface area (Å²) >= 11 is 1.72. The van der Waals surface area contributed by atoms with Gasteiger partial charge >= 0.3 is 0 Å². The second-order valence-corrected chi connectivity index (χ2v) is 6.67. The van der Waals surface area contributed by atoms with Crippen molar-refractivity contribution < 1.29 is 4.79 Å². The van der Waals surface area contributed by atoms with E-state index in [9.17, 15) is 4.79 Å². The van der Waals surface area contributed by atoms with E-state index in [1.807, 2.05) is 22.6 Å². The number of amides is 1. The molecule has 3 rings (SSSR count). The Labute approximate surface area is 128 Å². The third-order valence-corrected chi connectivity index (χ3v) is 4.93. The molecule has 1 amide bonds. The Bertz CT molecular complexity index is 567. The maximum atomic E-state index is 12.6. The number of hydrogen-bond donors (Lipinski definition) is 0. The lowest BCUT2D eigenvalue weighted by molar-refractivity contribution is -0.136. The first-order valence-electron chi connectivity index (χ1n) is 7.39. The molecule has 0 aromatic carbocycles. The first-order chi connectivity index (χ1) is 10.2. The van der Waals surface area contributed by atoms with Crippen LogP contribution in [0.4, 0.5) is 0 Å². The summed E-state index contributed by atoms with van der Waals surface area (Å²) in [6, 6.07) is 4.40. The maximum absolute atomic E-state index is 12.6. The van der Waals surface area contributed by atoms with Crippen LogP contribution >= 0.6 is 11.3 Å². The van der Waals surface area contributed by atoms with Gasteiger partial charge in [0.05, 0.1) is 6.04 Å². The van der Waals surface area contributed by atoms with Crippen molar-refractivity contribution in [3.8, 4) is 0 Å². The van der Waals surface area contributed by atoms with E-state index in [-0.39, 0.29) is 17.9 Å². The average molecular weight is 304 g/mol. The van der Waals surface area contributed by atoms with Gasteiger partial charge in [-0.3, -0.25) is 4.79 Å². The molecule has 2 atom stereocenters. The van der Waals surface area contributed by atoms with Gasteiger partial charge in [0, 0.05) is 23.9 Å². The zero-order valence-corrected chi connectivity index (χ0v) is 13.0. The predicted octanol–water partition coefficient (Wildman–Crippen LogP) is 2.38. The third-order valence-electron chi connectivity index (χ3n) is 4.03. The number of nitrogens with zero attached hydrogens (tertiary/aromatic N) is 4. The van der Waals surface area contributed by atoms with Crippen LogP contribution in [0.15, 0.2) is 30.2 Å². The number of thiophene rings is 1. The van der Waals surface area contributed by atoms with Gasteiger partial charge in [0.25, 0.3) is 0 Å². The molecule has 5 nitrogen and oxygen atoms in total. The fourth-order valence-corrected chi connectivity index (χ4v) is 3.74. The molecule has 2 aromatic rings. The van der Waals surface area contributed by atoms with Crippen LogP contribution in [-0.2, 0) is 11.2 Å². The molecule has 1 saturated heterocycles. The number of rotatable bonds is 4. The summed E-state index contributed by atoms with van der Waals surface area (Å²) in [4.78, 5) is 19.9. The van der Waals surface area contributed by atoms with Gasteiger partial charge in [-0.25, -0.2) is 9.67 Å². The van der Waals surface area contributed by atoms with Gasteiger partial charge in [-0.15, -0.1) is 11.3 Å². The highest BCUT2D eigenvalue weighted by Crippen LogP contribution is 2.23. The van der Waals surface area contributed by atoms with Crippen molar-refractivity contribution in [1.82, 2.24) is 19.7 Å². The zero-order valence-electron chi connectivity index (χ0n) is 12.2. The quantitative estimate of drug-likeness (QED) is 0.871. The normalized spacial score (nSPS) is 20.4. The number of piperidine rings is 1. The lowest BCUT2D eigenvalue weighted by Crippen LogP contribution is -2.43. The van der Waals surface area contributed by atoms with E-state index < -0.39 is 0 Å². The number of aromatic nitrogens is 3. The SMILES string of the molecule is C[C@H](Cc1cccs1)C(=O)N1CCC[C@H](n2cncn2)C1. The first kappa shape index (κ1) is 14.3. The van der Waals surface area contributed by atoms with Crippen LogP contribution in [-0.4, -0.2) is 38.7 Å². The second kappa shape index (κ2) is 6.39. The molecule has 0 spiro atoms. The molecule has 1 fully saturated rings. The molecule has 3 heterocycles. The molecule has 2 aromatic heterocycles. The minimum atomic E-state index is 0.0400. The van der Waals surface area contributed by atoms with Crippen molar-refractivity contribution >= 4 is 17.2 Å². The number of hydrogen-bond acceptors (Lipinski definition) is 4. The molecule has 0 aliphatic carbocycles. The minimum absolute atomic E-state index is 0.0400. The van der Waals surface area contributed by atoms with E-state index in [1.165, 1.54) is 4.88 Å². The molecule has 21 heavy (non-hydrogen) atoms. The molecule has 0 bridgehead atoms. The standard InChI is InChI=1S/C15H20N4OS/c1-12(8-14-5-3-7-21-14)15(20)18-6-2-4-13(9-18)19-11-16-10-17-19/h3,5,7,10-13H,2,4,6,8-9H2,1H3/t12-,13+/m1/s1. The average Bonchev–Trinajstić information content (AvgIpc) is 3.20. The van der Waals surface area contributed by atoms with Crippen LogP contribution in [0.25, 0.3) is 0 Å². The van der Waals surface area contributed by atoms with Crippen molar-refractivity contribution in [3.63, 3.8) is 0 Å². The topological polar surface area (TPSA) is 51.0 Å². The molecule has 6 heteroatoms. The summed E-state index contributed by atoms with van der Waals surface area (Å²) in [7, 11) is 0. The van der Waals surface area contributed by atoms with Gasteiger partial charge in [-0.1, -0.05) is 13.0 Å². The summed E-state index contributed by atoms with van der Waals surface area (Å²) < 4.78 is 1.88. The second-order valence-electron chi connectivity index (χ2n) is 5.64. The summed E-state index contributed by atoms with van der Waals surface area (Å²) in [5.41, 5.74) is 0. The van der Waals surface area contributed by atoms with E-state index in [4.69, 9.17) is 0 Å². The van der Waals surface area contributed by atoms with E-state index in [0.717, 1.165) is 32.4 Å². The molecule has 112 valence electrons. The Morgan fingerprint density at radius 2 is 2.48 bits per heavy atom. The Kier molecular flexibility index (Phi) is 4.34. The molecule has 1 aliphatic heterocycles. The summed E-state index contributed by atoms with van der Waals surface area (Å²) in [5.74, 6) is 0.298. The van der Waals surface area contributed by atoms with E-state index in [1.54, 1.807) is 24.0 Å². The monoisotopic (exact) mass is 304 g/mol. The highest BCUT2D eigenvalue weighted by molar-refractivity contribution is 7.09. The summed E-state index contributed by atoms with van der Waals surface area (Å²) in [6.45, 7) is 3.64. The molecular formula is C15H20N4OS. The summed E-state index contributed by atoms with van der Waals surface area (Å²) in [5, 5.41) is 6.27. The third kappa shape index (κ3) is 3.32. The Hall–Kier alpha value is -1.69. The van der Waals surface area contributed by atoms with Crippen molar-refractivity contribution in [2.45, 2.75) is 32.2 Å². The molecule has 1 aliphatic rings. The minimum Gasteiger partial charge on any atom is -0.340 e. The Morgan fingerprint density at radius 1 is 1.57 bits per heavy atom. The lowest BCUT2D eigenvalue weighted by atomic mass is 10.0. The van der Waals surface area contributed by atoms with Gasteiger partial charge in [0.1, 0.15) is 12.7 Å². The Morgan fingerprint density at radius 3 is 3.19 bits per heavy atom. The number of likely N-dealkylation sites (tertiary alicyclic amines) is 1. The fourth-order valence-electron chi connectivity index (χ4n) is 2.91. The van der Waals surface area contributed by atoms with Crippen LogP contribution in [0, 0.1) is 5.92 Å².